The zero-order chi connectivity index (χ0) is 30.1. The summed E-state index contributed by atoms with van der Waals surface area (Å²) in [6.07, 6.45) is 0. The number of hydrogen-bond donors (Lipinski definition) is 0. The van der Waals surface area contributed by atoms with Gasteiger partial charge in [0.25, 0.3) is 0 Å². The highest BCUT2D eigenvalue weighted by Crippen LogP contribution is 2.50. The fourth-order valence-corrected chi connectivity index (χ4v) is 7.30. The second-order valence-electron chi connectivity index (χ2n) is 12.6. The summed E-state index contributed by atoms with van der Waals surface area (Å²) in [5, 5.41) is 4.68. The summed E-state index contributed by atoms with van der Waals surface area (Å²) in [6.45, 7) is 4.68. The van der Waals surface area contributed by atoms with Crippen LogP contribution >= 0.6 is 0 Å². The maximum absolute atomic E-state index is 6.52. The highest BCUT2D eigenvalue weighted by atomic mass is 16.3. The monoisotopic (exact) mass is 577 g/mol. The number of nitrogens with zero attached hydrogens (tertiary/aromatic N) is 1. The Labute approximate surface area is 262 Å². The molecule has 0 amide bonds. The Kier molecular flexibility index (Phi) is 5.58. The summed E-state index contributed by atoms with van der Waals surface area (Å²) < 4.78 is 6.52. The third-order valence-electron chi connectivity index (χ3n) is 9.64. The van der Waals surface area contributed by atoms with E-state index in [2.05, 4.69) is 170 Å². The standard InChI is InChI=1S/C43H31NO/c1-43(2)39-15-9-8-14-35(39)36-22-20-33(26-40(36)43)44(32-18-16-29(17-19-32)28-10-4-3-5-11-28)34-21-23-37-38-24-30-12-6-7-13-31(30)25-41(38)45-42(37)27-34/h3-27H,1-2H3. The van der Waals surface area contributed by atoms with Gasteiger partial charge in [0.1, 0.15) is 11.2 Å². The van der Waals surface area contributed by atoms with E-state index in [1.54, 1.807) is 0 Å². The van der Waals surface area contributed by atoms with Crippen LogP contribution in [0.3, 0.4) is 0 Å². The van der Waals surface area contributed by atoms with Crippen LogP contribution in [0, 0.1) is 0 Å². The molecule has 214 valence electrons. The highest BCUT2D eigenvalue weighted by Gasteiger charge is 2.35. The Balaban J connectivity index is 1.22. The van der Waals surface area contributed by atoms with Crippen LogP contribution in [0.25, 0.3) is 55.0 Å². The number of fused-ring (bicyclic) bond motifs is 7. The maximum atomic E-state index is 6.52. The van der Waals surface area contributed by atoms with Crippen molar-refractivity contribution in [1.29, 1.82) is 0 Å². The molecule has 45 heavy (non-hydrogen) atoms. The molecule has 7 aromatic carbocycles. The largest absolute Gasteiger partial charge is 0.456 e. The van der Waals surface area contributed by atoms with Crippen molar-refractivity contribution in [2.75, 3.05) is 4.90 Å². The Bertz CT molecular complexity index is 2400. The van der Waals surface area contributed by atoms with Gasteiger partial charge in [-0.15, -0.1) is 0 Å². The molecule has 0 atom stereocenters. The number of furan rings is 1. The molecule has 2 nitrogen and oxygen atoms in total. The summed E-state index contributed by atoms with van der Waals surface area (Å²) in [5.74, 6) is 0. The Morgan fingerprint density at radius 2 is 1.04 bits per heavy atom. The Morgan fingerprint density at radius 1 is 0.444 bits per heavy atom. The Morgan fingerprint density at radius 3 is 1.87 bits per heavy atom. The molecule has 9 rings (SSSR count). The molecule has 0 saturated carbocycles. The van der Waals surface area contributed by atoms with E-state index >= 15 is 0 Å². The molecule has 0 unspecified atom stereocenters. The average molecular weight is 578 g/mol. The second kappa shape index (κ2) is 9.70. The number of benzene rings is 7. The van der Waals surface area contributed by atoms with Gasteiger partial charge in [0.15, 0.2) is 0 Å². The minimum atomic E-state index is -0.0878. The summed E-state index contributed by atoms with van der Waals surface area (Å²) in [5.41, 5.74) is 12.8. The van der Waals surface area contributed by atoms with Crippen molar-refractivity contribution in [3.8, 4) is 22.3 Å². The first-order chi connectivity index (χ1) is 22.0. The van der Waals surface area contributed by atoms with Crippen LogP contribution in [0.2, 0.25) is 0 Å². The van der Waals surface area contributed by atoms with Crippen LogP contribution in [-0.4, -0.2) is 0 Å². The summed E-state index contributed by atoms with van der Waals surface area (Å²) >= 11 is 0. The summed E-state index contributed by atoms with van der Waals surface area (Å²) in [6, 6.07) is 54.7. The van der Waals surface area contributed by atoms with Crippen molar-refractivity contribution in [3.05, 3.63) is 163 Å². The van der Waals surface area contributed by atoms with Gasteiger partial charge in [0.2, 0.25) is 0 Å². The van der Waals surface area contributed by atoms with Crippen molar-refractivity contribution in [1.82, 2.24) is 0 Å². The van der Waals surface area contributed by atoms with Gasteiger partial charge in [-0.1, -0.05) is 111 Å². The zero-order valence-electron chi connectivity index (χ0n) is 25.3. The first-order valence-electron chi connectivity index (χ1n) is 15.6. The zero-order valence-corrected chi connectivity index (χ0v) is 25.3. The first kappa shape index (κ1) is 25.9. The third kappa shape index (κ3) is 4.03. The molecule has 1 heterocycles. The lowest BCUT2D eigenvalue weighted by Crippen LogP contribution is -2.16. The summed E-state index contributed by atoms with van der Waals surface area (Å²) in [7, 11) is 0. The molecule has 0 spiro atoms. The number of rotatable bonds is 4. The van der Waals surface area contributed by atoms with Gasteiger partial charge in [0.05, 0.1) is 0 Å². The highest BCUT2D eigenvalue weighted by molar-refractivity contribution is 6.10. The molecule has 0 radical (unpaired) electrons. The third-order valence-corrected chi connectivity index (χ3v) is 9.64. The van der Waals surface area contributed by atoms with Gasteiger partial charge in [-0.3, -0.25) is 0 Å². The van der Waals surface area contributed by atoms with Crippen LogP contribution in [0.5, 0.6) is 0 Å². The van der Waals surface area contributed by atoms with E-state index in [1.165, 1.54) is 44.2 Å². The molecular weight excluding hydrogens is 546 g/mol. The van der Waals surface area contributed by atoms with Crippen LogP contribution in [0.4, 0.5) is 17.1 Å². The second-order valence-corrected chi connectivity index (χ2v) is 12.6. The Hall–Kier alpha value is -5.60. The van der Waals surface area contributed by atoms with E-state index in [1.807, 2.05) is 0 Å². The van der Waals surface area contributed by atoms with E-state index in [9.17, 15) is 0 Å². The van der Waals surface area contributed by atoms with E-state index < -0.39 is 0 Å². The summed E-state index contributed by atoms with van der Waals surface area (Å²) in [4.78, 5) is 2.36. The smallest absolute Gasteiger partial charge is 0.137 e. The molecule has 1 aliphatic carbocycles. The lowest BCUT2D eigenvalue weighted by atomic mass is 9.82. The minimum absolute atomic E-state index is 0.0878. The molecule has 2 heteroatoms. The van der Waals surface area contributed by atoms with E-state index in [-0.39, 0.29) is 5.41 Å². The van der Waals surface area contributed by atoms with Gasteiger partial charge < -0.3 is 9.32 Å². The van der Waals surface area contributed by atoms with Crippen LogP contribution in [-0.2, 0) is 5.41 Å². The predicted molar refractivity (Wildman–Crippen MR) is 189 cm³/mol. The molecular formula is C43H31NO. The predicted octanol–water partition coefficient (Wildman–Crippen LogP) is 12.2. The van der Waals surface area contributed by atoms with Gasteiger partial charge in [-0.05, 0) is 92.7 Å². The van der Waals surface area contributed by atoms with E-state index in [0.717, 1.165) is 39.0 Å². The molecule has 1 aromatic heterocycles. The molecule has 0 N–H and O–H groups in total. The van der Waals surface area contributed by atoms with Crippen molar-refractivity contribution in [2.45, 2.75) is 19.3 Å². The molecule has 0 aliphatic heterocycles. The molecule has 0 saturated heterocycles. The van der Waals surface area contributed by atoms with Gasteiger partial charge in [0, 0.05) is 39.3 Å². The lowest BCUT2D eigenvalue weighted by molar-refractivity contribution is 0.660. The van der Waals surface area contributed by atoms with E-state index in [4.69, 9.17) is 4.42 Å². The first-order valence-corrected chi connectivity index (χ1v) is 15.6. The maximum Gasteiger partial charge on any atom is 0.137 e. The molecule has 1 aliphatic rings. The SMILES string of the molecule is CC1(C)c2ccccc2-c2ccc(N(c3ccc(-c4ccccc4)cc3)c3ccc4c(c3)oc3cc5ccccc5cc34)cc21. The molecule has 0 bridgehead atoms. The van der Waals surface area contributed by atoms with Crippen LogP contribution in [0.15, 0.2) is 156 Å². The van der Waals surface area contributed by atoms with E-state index in [0.29, 0.717) is 0 Å². The van der Waals surface area contributed by atoms with Gasteiger partial charge in [-0.25, -0.2) is 0 Å². The van der Waals surface area contributed by atoms with Crippen LogP contribution < -0.4 is 4.90 Å². The lowest BCUT2D eigenvalue weighted by Gasteiger charge is -2.28. The van der Waals surface area contributed by atoms with Crippen molar-refractivity contribution < 1.29 is 4.42 Å². The number of anilines is 3. The molecule has 8 aromatic rings. The number of hydrogen-bond acceptors (Lipinski definition) is 2. The van der Waals surface area contributed by atoms with Crippen LogP contribution in [0.1, 0.15) is 25.0 Å². The normalized spacial score (nSPS) is 13.3. The van der Waals surface area contributed by atoms with Crippen molar-refractivity contribution in [2.24, 2.45) is 0 Å². The quantitative estimate of drug-likeness (QED) is 0.207. The van der Waals surface area contributed by atoms with Gasteiger partial charge in [-0.2, -0.15) is 0 Å². The minimum Gasteiger partial charge on any atom is -0.456 e. The van der Waals surface area contributed by atoms with Crippen molar-refractivity contribution in [3.63, 3.8) is 0 Å². The average Bonchev–Trinajstić information content (AvgIpc) is 3.55. The molecule has 0 fully saturated rings. The fraction of sp³-hybridized carbons (Fsp3) is 0.0698. The van der Waals surface area contributed by atoms with Gasteiger partial charge >= 0.3 is 0 Å². The van der Waals surface area contributed by atoms with Crippen molar-refractivity contribution >= 4 is 49.8 Å². The fourth-order valence-electron chi connectivity index (χ4n) is 7.30. The topological polar surface area (TPSA) is 16.4 Å².